The molecule has 0 atom stereocenters. The van der Waals surface area contributed by atoms with E-state index in [2.05, 4.69) is 5.32 Å². The summed E-state index contributed by atoms with van der Waals surface area (Å²) in [4.78, 5) is 0. The highest BCUT2D eigenvalue weighted by Gasteiger charge is 1.97. The van der Waals surface area contributed by atoms with E-state index in [4.69, 9.17) is 10.00 Å². The molecule has 1 N–H and O–H groups in total. The second-order valence-corrected chi connectivity index (χ2v) is 3.82. The van der Waals surface area contributed by atoms with Crippen LogP contribution in [0.4, 0.5) is 0 Å². The highest BCUT2D eigenvalue weighted by molar-refractivity contribution is 5.32. The Morgan fingerprint density at radius 2 is 1.61 bits per heavy atom. The zero-order chi connectivity index (χ0) is 12.6. The van der Waals surface area contributed by atoms with Crippen LogP contribution in [0.5, 0.6) is 11.5 Å². The van der Waals surface area contributed by atoms with Gasteiger partial charge in [-0.05, 0) is 29.8 Å². The van der Waals surface area contributed by atoms with Crippen molar-refractivity contribution in [2.75, 3.05) is 6.54 Å². The summed E-state index contributed by atoms with van der Waals surface area (Å²) >= 11 is 0. The minimum Gasteiger partial charge on any atom is -0.457 e. The Hall–Kier alpha value is -2.31. The lowest BCUT2D eigenvalue weighted by molar-refractivity contribution is 0.482. The summed E-state index contributed by atoms with van der Waals surface area (Å²) in [7, 11) is 0. The van der Waals surface area contributed by atoms with Gasteiger partial charge in [-0.25, -0.2) is 0 Å². The molecule has 0 spiro atoms. The topological polar surface area (TPSA) is 45.0 Å². The van der Waals surface area contributed by atoms with Crippen molar-refractivity contribution >= 4 is 0 Å². The Morgan fingerprint density at radius 1 is 0.944 bits per heavy atom. The normalized spacial score (nSPS) is 9.72. The number of ether oxygens (including phenoxy) is 1. The Bertz CT molecular complexity index is 514. The fourth-order valence-corrected chi connectivity index (χ4v) is 1.56. The Kier molecular flexibility index (Phi) is 4.34. The maximum Gasteiger partial charge on any atom is 0.127 e. The van der Waals surface area contributed by atoms with Gasteiger partial charge in [0.25, 0.3) is 0 Å². The van der Waals surface area contributed by atoms with Crippen molar-refractivity contribution in [2.45, 2.75) is 6.54 Å². The van der Waals surface area contributed by atoms with Gasteiger partial charge in [0, 0.05) is 6.54 Å². The average molecular weight is 238 g/mol. The molecular weight excluding hydrogens is 224 g/mol. The number of rotatable bonds is 5. The third-order valence-electron chi connectivity index (χ3n) is 2.44. The van der Waals surface area contributed by atoms with E-state index < -0.39 is 0 Å². The molecule has 0 radical (unpaired) electrons. The van der Waals surface area contributed by atoms with Crippen LogP contribution < -0.4 is 10.1 Å². The number of benzene rings is 2. The quantitative estimate of drug-likeness (QED) is 0.643. The predicted octanol–water partition coefficient (Wildman–Crippen LogP) is 3.09. The first-order valence-corrected chi connectivity index (χ1v) is 5.78. The monoisotopic (exact) mass is 238 g/mol. The number of para-hydroxylation sites is 1. The van der Waals surface area contributed by atoms with E-state index >= 15 is 0 Å². The maximum absolute atomic E-state index is 8.42. The standard InChI is InChI=1S/C15H14N2O/c16-10-11-17-12-13-6-8-15(9-7-13)18-14-4-2-1-3-5-14/h1-9,17H,11-12H2. The smallest absolute Gasteiger partial charge is 0.127 e. The van der Waals surface area contributed by atoms with Crippen molar-refractivity contribution in [3.63, 3.8) is 0 Å². The minimum absolute atomic E-state index is 0.363. The van der Waals surface area contributed by atoms with Crippen molar-refractivity contribution < 1.29 is 4.74 Å². The van der Waals surface area contributed by atoms with Crippen LogP contribution in [0.25, 0.3) is 0 Å². The van der Waals surface area contributed by atoms with Crippen molar-refractivity contribution in [3.05, 3.63) is 60.2 Å². The van der Waals surface area contributed by atoms with Crippen LogP contribution >= 0.6 is 0 Å². The molecule has 3 heteroatoms. The molecule has 0 aliphatic rings. The summed E-state index contributed by atoms with van der Waals surface area (Å²) in [5, 5.41) is 11.4. The summed E-state index contributed by atoms with van der Waals surface area (Å²) in [6.07, 6.45) is 0. The molecule has 0 aliphatic heterocycles. The molecule has 0 unspecified atom stereocenters. The summed E-state index contributed by atoms with van der Waals surface area (Å²) in [6.45, 7) is 1.06. The van der Waals surface area contributed by atoms with E-state index in [1.165, 1.54) is 0 Å². The average Bonchev–Trinajstić information content (AvgIpc) is 2.42. The molecule has 2 rings (SSSR count). The Balaban J connectivity index is 1.94. The molecule has 0 fully saturated rings. The van der Waals surface area contributed by atoms with Crippen molar-refractivity contribution in [1.82, 2.24) is 5.32 Å². The summed E-state index contributed by atoms with van der Waals surface area (Å²) < 4.78 is 5.69. The van der Waals surface area contributed by atoms with Gasteiger partial charge in [0.2, 0.25) is 0 Å². The van der Waals surface area contributed by atoms with Gasteiger partial charge in [-0.2, -0.15) is 5.26 Å². The zero-order valence-corrected chi connectivity index (χ0v) is 9.97. The van der Waals surface area contributed by atoms with Gasteiger partial charge in [0.1, 0.15) is 11.5 Å². The van der Waals surface area contributed by atoms with Gasteiger partial charge in [-0.15, -0.1) is 0 Å². The molecule has 3 nitrogen and oxygen atoms in total. The lowest BCUT2D eigenvalue weighted by atomic mass is 10.2. The fraction of sp³-hybridized carbons (Fsp3) is 0.133. The van der Waals surface area contributed by atoms with Gasteiger partial charge in [-0.3, -0.25) is 0 Å². The van der Waals surface area contributed by atoms with Crippen LogP contribution in [0.15, 0.2) is 54.6 Å². The highest BCUT2D eigenvalue weighted by Crippen LogP contribution is 2.20. The summed E-state index contributed by atoms with van der Waals surface area (Å²) in [5.41, 5.74) is 1.13. The fourth-order valence-electron chi connectivity index (χ4n) is 1.56. The van der Waals surface area contributed by atoms with Gasteiger partial charge in [0.05, 0.1) is 12.6 Å². The third-order valence-corrected chi connectivity index (χ3v) is 2.44. The number of hydrogen-bond acceptors (Lipinski definition) is 3. The molecule has 90 valence electrons. The van der Waals surface area contributed by atoms with E-state index in [0.29, 0.717) is 13.1 Å². The minimum atomic E-state index is 0.363. The van der Waals surface area contributed by atoms with Crippen LogP contribution in [0.2, 0.25) is 0 Å². The molecule has 0 amide bonds. The summed E-state index contributed by atoms with van der Waals surface area (Å²) in [5.74, 6) is 1.64. The molecule has 0 bridgehead atoms. The summed E-state index contributed by atoms with van der Waals surface area (Å²) in [6, 6.07) is 19.6. The van der Waals surface area contributed by atoms with Gasteiger partial charge >= 0.3 is 0 Å². The first kappa shape index (κ1) is 12.2. The van der Waals surface area contributed by atoms with E-state index in [0.717, 1.165) is 17.1 Å². The molecule has 2 aromatic rings. The van der Waals surface area contributed by atoms with Crippen molar-refractivity contribution in [2.24, 2.45) is 0 Å². The number of nitriles is 1. The van der Waals surface area contributed by atoms with E-state index in [9.17, 15) is 0 Å². The van der Waals surface area contributed by atoms with Crippen LogP contribution in [-0.4, -0.2) is 6.54 Å². The van der Waals surface area contributed by atoms with Crippen molar-refractivity contribution in [1.29, 1.82) is 5.26 Å². The SMILES string of the molecule is N#CCNCc1ccc(Oc2ccccc2)cc1. The third kappa shape index (κ3) is 3.62. The van der Waals surface area contributed by atoms with E-state index in [1.54, 1.807) is 0 Å². The maximum atomic E-state index is 8.42. The molecule has 0 saturated heterocycles. The number of nitrogens with zero attached hydrogens (tertiary/aromatic N) is 1. The molecule has 0 heterocycles. The van der Waals surface area contributed by atoms with Gasteiger partial charge < -0.3 is 10.1 Å². The first-order valence-electron chi connectivity index (χ1n) is 5.78. The van der Waals surface area contributed by atoms with Crippen LogP contribution in [-0.2, 0) is 6.54 Å². The Labute approximate surface area is 107 Å². The van der Waals surface area contributed by atoms with E-state index in [-0.39, 0.29) is 0 Å². The van der Waals surface area contributed by atoms with Gasteiger partial charge in [-0.1, -0.05) is 30.3 Å². The second-order valence-electron chi connectivity index (χ2n) is 3.82. The zero-order valence-electron chi connectivity index (χ0n) is 9.97. The largest absolute Gasteiger partial charge is 0.457 e. The first-order chi connectivity index (χ1) is 8.88. The molecule has 0 saturated carbocycles. The Morgan fingerprint density at radius 3 is 2.28 bits per heavy atom. The lowest BCUT2D eigenvalue weighted by Crippen LogP contribution is -2.12. The molecule has 18 heavy (non-hydrogen) atoms. The second kappa shape index (κ2) is 6.43. The number of hydrogen-bond donors (Lipinski definition) is 1. The van der Waals surface area contributed by atoms with E-state index in [1.807, 2.05) is 60.7 Å². The predicted molar refractivity (Wildman–Crippen MR) is 70.3 cm³/mol. The highest BCUT2D eigenvalue weighted by atomic mass is 16.5. The molecule has 2 aromatic carbocycles. The number of nitrogens with one attached hydrogen (secondary N) is 1. The van der Waals surface area contributed by atoms with Crippen LogP contribution in [0.3, 0.4) is 0 Å². The van der Waals surface area contributed by atoms with Crippen molar-refractivity contribution in [3.8, 4) is 17.6 Å². The molecule has 0 aromatic heterocycles. The van der Waals surface area contributed by atoms with Crippen LogP contribution in [0, 0.1) is 11.3 Å². The van der Waals surface area contributed by atoms with Gasteiger partial charge in [0.15, 0.2) is 0 Å². The molecular formula is C15H14N2O. The molecule has 0 aliphatic carbocycles. The van der Waals surface area contributed by atoms with Crippen LogP contribution in [0.1, 0.15) is 5.56 Å². The lowest BCUT2D eigenvalue weighted by Gasteiger charge is -2.06.